The van der Waals surface area contributed by atoms with Gasteiger partial charge in [-0.05, 0) is 31.9 Å². The van der Waals surface area contributed by atoms with E-state index < -0.39 is 0 Å². The molecule has 98 valence electrons. The van der Waals surface area contributed by atoms with Crippen molar-refractivity contribution in [1.82, 2.24) is 4.98 Å². The predicted octanol–water partition coefficient (Wildman–Crippen LogP) is 2.51. The molecule has 1 atom stereocenters. The zero-order valence-electron chi connectivity index (χ0n) is 11.1. The van der Waals surface area contributed by atoms with E-state index >= 15 is 0 Å². The third-order valence-electron chi connectivity index (χ3n) is 3.84. The monoisotopic (exact) mass is 254 g/mol. The maximum atomic E-state index is 7.77. The molecule has 1 saturated heterocycles. The number of benzene rings is 1. The molecule has 1 aromatic heterocycles. The second kappa shape index (κ2) is 4.53. The summed E-state index contributed by atoms with van der Waals surface area (Å²) in [7, 11) is 0. The van der Waals surface area contributed by atoms with Gasteiger partial charge >= 0.3 is 0 Å². The number of anilines is 1. The van der Waals surface area contributed by atoms with E-state index in [1.807, 2.05) is 30.3 Å². The summed E-state index contributed by atoms with van der Waals surface area (Å²) in [5.41, 5.74) is 7.40. The lowest BCUT2D eigenvalue weighted by molar-refractivity contribution is 0.728. The van der Waals surface area contributed by atoms with Crippen molar-refractivity contribution in [1.29, 1.82) is 5.41 Å². The molecule has 4 heteroatoms. The van der Waals surface area contributed by atoms with Gasteiger partial charge in [0.15, 0.2) is 0 Å². The molecule has 0 radical (unpaired) electrons. The van der Waals surface area contributed by atoms with Crippen LogP contribution < -0.4 is 10.6 Å². The highest BCUT2D eigenvalue weighted by Crippen LogP contribution is 2.27. The summed E-state index contributed by atoms with van der Waals surface area (Å²) in [6.07, 6.45) is 2.40. The Morgan fingerprint density at radius 1 is 1.42 bits per heavy atom. The first-order valence-electron chi connectivity index (χ1n) is 6.67. The highest BCUT2D eigenvalue weighted by atomic mass is 15.2. The lowest BCUT2D eigenvalue weighted by atomic mass is 10.1. The molecule has 0 bridgehead atoms. The number of nitrogens with zero attached hydrogens (tertiary/aromatic N) is 2. The molecule has 0 saturated carbocycles. The normalized spacial score (nSPS) is 19.0. The van der Waals surface area contributed by atoms with Crippen LogP contribution in [0.2, 0.25) is 0 Å². The number of hydrogen-bond acceptors (Lipinski definition) is 3. The Morgan fingerprint density at radius 3 is 2.89 bits per heavy atom. The molecule has 0 amide bonds. The number of nitrogens with one attached hydrogen (secondary N) is 1. The molecule has 1 aliphatic rings. The van der Waals surface area contributed by atoms with Crippen LogP contribution in [-0.2, 0) is 0 Å². The topological polar surface area (TPSA) is 66.0 Å². The summed E-state index contributed by atoms with van der Waals surface area (Å²) in [5.74, 6) is 1.04. The van der Waals surface area contributed by atoms with Gasteiger partial charge < -0.3 is 10.6 Å². The van der Waals surface area contributed by atoms with Crippen LogP contribution in [0.5, 0.6) is 0 Å². The second-order valence-electron chi connectivity index (χ2n) is 5.14. The lowest BCUT2D eigenvalue weighted by Gasteiger charge is -2.23. The Labute approximate surface area is 112 Å². The minimum atomic E-state index is 0.103. The average Bonchev–Trinajstić information content (AvgIpc) is 2.83. The molecule has 3 rings (SSSR count). The van der Waals surface area contributed by atoms with Gasteiger partial charge in [0.1, 0.15) is 11.7 Å². The van der Waals surface area contributed by atoms with E-state index in [0.717, 1.165) is 28.8 Å². The van der Waals surface area contributed by atoms with Gasteiger partial charge in [0.2, 0.25) is 0 Å². The van der Waals surface area contributed by atoms with Crippen molar-refractivity contribution in [2.75, 3.05) is 11.4 Å². The van der Waals surface area contributed by atoms with Crippen molar-refractivity contribution in [3.63, 3.8) is 0 Å². The van der Waals surface area contributed by atoms with Crippen LogP contribution in [0.3, 0.4) is 0 Å². The molecule has 19 heavy (non-hydrogen) atoms. The lowest BCUT2D eigenvalue weighted by Crippen LogP contribution is -2.27. The summed E-state index contributed by atoms with van der Waals surface area (Å²) >= 11 is 0. The number of para-hydroxylation sites is 1. The first-order chi connectivity index (χ1) is 9.16. The Bertz CT molecular complexity index is 635. The van der Waals surface area contributed by atoms with Crippen LogP contribution >= 0.6 is 0 Å². The van der Waals surface area contributed by atoms with Crippen LogP contribution in [0.1, 0.15) is 25.3 Å². The SMILES string of the molecule is CC1CCCN1c1cc(C(=N)N)c2ccccc2n1. The van der Waals surface area contributed by atoms with Crippen molar-refractivity contribution in [3.8, 4) is 0 Å². The zero-order valence-corrected chi connectivity index (χ0v) is 11.1. The molecule has 1 fully saturated rings. The number of pyridine rings is 1. The summed E-state index contributed by atoms with van der Waals surface area (Å²) in [6.45, 7) is 3.25. The van der Waals surface area contributed by atoms with E-state index in [1.165, 1.54) is 12.8 Å². The number of nitrogen functional groups attached to an aromatic ring is 1. The minimum Gasteiger partial charge on any atom is -0.384 e. The Hall–Kier alpha value is -2.10. The van der Waals surface area contributed by atoms with Crippen LogP contribution in [0.15, 0.2) is 30.3 Å². The van der Waals surface area contributed by atoms with Crippen LogP contribution in [0, 0.1) is 5.41 Å². The fraction of sp³-hybridized carbons (Fsp3) is 0.333. The largest absolute Gasteiger partial charge is 0.384 e. The van der Waals surface area contributed by atoms with E-state index in [1.54, 1.807) is 0 Å². The molecule has 0 aliphatic carbocycles. The van der Waals surface area contributed by atoms with Gasteiger partial charge in [0.25, 0.3) is 0 Å². The van der Waals surface area contributed by atoms with Crippen molar-refractivity contribution in [2.45, 2.75) is 25.8 Å². The highest BCUT2D eigenvalue weighted by Gasteiger charge is 2.22. The third kappa shape index (κ3) is 2.03. The smallest absolute Gasteiger partial charge is 0.130 e. The molecule has 1 unspecified atom stereocenters. The number of fused-ring (bicyclic) bond motifs is 1. The van der Waals surface area contributed by atoms with Crippen LogP contribution in [0.4, 0.5) is 5.82 Å². The molecule has 4 nitrogen and oxygen atoms in total. The molecular weight excluding hydrogens is 236 g/mol. The van der Waals surface area contributed by atoms with Crippen LogP contribution in [0.25, 0.3) is 10.9 Å². The van der Waals surface area contributed by atoms with Gasteiger partial charge in [-0.2, -0.15) is 0 Å². The molecule has 1 aromatic carbocycles. The number of hydrogen-bond donors (Lipinski definition) is 2. The van der Waals surface area contributed by atoms with E-state index in [0.29, 0.717) is 6.04 Å². The highest BCUT2D eigenvalue weighted by molar-refractivity contribution is 6.07. The van der Waals surface area contributed by atoms with E-state index in [-0.39, 0.29) is 5.84 Å². The first-order valence-corrected chi connectivity index (χ1v) is 6.67. The molecule has 0 spiro atoms. The molecule has 3 N–H and O–H groups in total. The molecular formula is C15H18N4. The maximum Gasteiger partial charge on any atom is 0.130 e. The quantitative estimate of drug-likeness (QED) is 0.639. The second-order valence-corrected chi connectivity index (χ2v) is 5.14. The fourth-order valence-electron chi connectivity index (χ4n) is 2.81. The van der Waals surface area contributed by atoms with E-state index in [2.05, 4.69) is 11.8 Å². The van der Waals surface area contributed by atoms with Gasteiger partial charge in [-0.3, -0.25) is 5.41 Å². The molecule has 1 aliphatic heterocycles. The van der Waals surface area contributed by atoms with Gasteiger partial charge in [-0.15, -0.1) is 0 Å². The predicted molar refractivity (Wildman–Crippen MR) is 78.8 cm³/mol. The van der Waals surface area contributed by atoms with Crippen molar-refractivity contribution >= 4 is 22.6 Å². The number of aromatic nitrogens is 1. The first kappa shape index (κ1) is 12.0. The maximum absolute atomic E-state index is 7.77. The van der Waals surface area contributed by atoms with Gasteiger partial charge in [-0.1, -0.05) is 18.2 Å². The number of nitrogens with two attached hydrogens (primary N) is 1. The Balaban J connectivity index is 2.18. The summed E-state index contributed by atoms with van der Waals surface area (Å²) in [5, 5.41) is 8.72. The summed E-state index contributed by atoms with van der Waals surface area (Å²) in [4.78, 5) is 7.03. The molecule has 2 heterocycles. The van der Waals surface area contributed by atoms with Crippen molar-refractivity contribution in [2.24, 2.45) is 5.73 Å². The molecule has 2 aromatic rings. The van der Waals surface area contributed by atoms with E-state index in [4.69, 9.17) is 16.1 Å². The Morgan fingerprint density at radius 2 is 2.21 bits per heavy atom. The van der Waals surface area contributed by atoms with Gasteiger partial charge in [0, 0.05) is 23.5 Å². The number of amidine groups is 1. The van der Waals surface area contributed by atoms with Crippen LogP contribution in [-0.4, -0.2) is 23.4 Å². The standard InChI is InChI=1S/C15H18N4/c1-10-5-4-8-19(10)14-9-12(15(16)17)11-6-2-3-7-13(11)18-14/h2-3,6-7,9-10H,4-5,8H2,1H3,(H3,16,17). The average molecular weight is 254 g/mol. The summed E-state index contributed by atoms with van der Waals surface area (Å²) < 4.78 is 0. The zero-order chi connectivity index (χ0) is 13.4. The summed E-state index contributed by atoms with van der Waals surface area (Å²) in [6, 6.07) is 10.3. The van der Waals surface area contributed by atoms with Crippen molar-refractivity contribution in [3.05, 3.63) is 35.9 Å². The van der Waals surface area contributed by atoms with Crippen molar-refractivity contribution < 1.29 is 0 Å². The number of rotatable bonds is 2. The van der Waals surface area contributed by atoms with Gasteiger partial charge in [-0.25, -0.2) is 4.98 Å². The third-order valence-corrected chi connectivity index (χ3v) is 3.84. The van der Waals surface area contributed by atoms with Gasteiger partial charge in [0.05, 0.1) is 5.52 Å². The fourth-order valence-corrected chi connectivity index (χ4v) is 2.81. The Kier molecular flexibility index (Phi) is 2.85. The minimum absolute atomic E-state index is 0.103. The van der Waals surface area contributed by atoms with E-state index in [9.17, 15) is 0 Å².